The SMILES string of the molecule is COc1ncnc(-n2cnc(C(=O)O)c2)c1[N+](=O)[O-]. The van der Waals surface area contributed by atoms with E-state index in [2.05, 4.69) is 15.0 Å². The molecule has 0 unspecified atom stereocenters. The van der Waals surface area contributed by atoms with Gasteiger partial charge in [0.05, 0.1) is 12.0 Å². The minimum atomic E-state index is -1.25. The number of carbonyl (C=O) groups is 1. The fourth-order valence-electron chi connectivity index (χ4n) is 1.40. The molecule has 2 aromatic rings. The van der Waals surface area contributed by atoms with E-state index in [0.29, 0.717) is 0 Å². The van der Waals surface area contributed by atoms with Gasteiger partial charge in [0.15, 0.2) is 5.69 Å². The molecule has 10 heteroatoms. The number of aromatic carboxylic acids is 1. The van der Waals surface area contributed by atoms with Crippen LogP contribution in [-0.4, -0.2) is 42.6 Å². The quantitative estimate of drug-likeness (QED) is 0.615. The lowest BCUT2D eigenvalue weighted by Gasteiger charge is -2.04. The molecular formula is C9H7N5O5. The summed E-state index contributed by atoms with van der Waals surface area (Å²) in [5.41, 5.74) is -0.730. The van der Waals surface area contributed by atoms with Crippen LogP contribution in [-0.2, 0) is 0 Å². The molecule has 0 radical (unpaired) electrons. The van der Waals surface area contributed by atoms with Gasteiger partial charge >= 0.3 is 11.7 Å². The zero-order valence-electron chi connectivity index (χ0n) is 9.55. The summed E-state index contributed by atoms with van der Waals surface area (Å²) in [4.78, 5) is 32.0. The molecule has 0 aliphatic heterocycles. The van der Waals surface area contributed by atoms with Crippen molar-refractivity contribution in [3.05, 3.63) is 34.7 Å². The van der Waals surface area contributed by atoms with Crippen molar-refractivity contribution in [1.29, 1.82) is 0 Å². The van der Waals surface area contributed by atoms with Crippen molar-refractivity contribution in [3.63, 3.8) is 0 Å². The van der Waals surface area contributed by atoms with Crippen molar-refractivity contribution in [1.82, 2.24) is 19.5 Å². The van der Waals surface area contributed by atoms with E-state index in [1.807, 2.05) is 0 Å². The van der Waals surface area contributed by atoms with E-state index in [4.69, 9.17) is 9.84 Å². The summed E-state index contributed by atoms with van der Waals surface area (Å²) >= 11 is 0. The van der Waals surface area contributed by atoms with Crippen LogP contribution in [0, 0.1) is 10.1 Å². The summed E-state index contributed by atoms with van der Waals surface area (Å²) in [5.74, 6) is -1.60. The standard InChI is InChI=1S/C9H7N5O5/c1-19-8-6(14(17)18)7(10-3-11-8)13-2-5(9(15)16)12-4-13/h2-4H,1H3,(H,15,16). The summed E-state index contributed by atoms with van der Waals surface area (Å²) in [5, 5.41) is 19.8. The predicted octanol–water partition coefficient (Wildman–Crippen LogP) is 0.277. The summed E-state index contributed by atoms with van der Waals surface area (Å²) in [7, 11) is 1.23. The number of aromatic nitrogens is 4. The van der Waals surface area contributed by atoms with Crippen LogP contribution in [0.15, 0.2) is 18.9 Å². The van der Waals surface area contributed by atoms with Crippen LogP contribution >= 0.6 is 0 Å². The fourth-order valence-corrected chi connectivity index (χ4v) is 1.40. The first kappa shape index (κ1) is 12.4. The first-order valence-corrected chi connectivity index (χ1v) is 4.85. The van der Waals surface area contributed by atoms with Gasteiger partial charge in [0, 0.05) is 6.20 Å². The third-order valence-corrected chi connectivity index (χ3v) is 2.19. The molecule has 2 rings (SSSR count). The molecule has 0 saturated heterocycles. The average molecular weight is 265 g/mol. The Morgan fingerprint density at radius 1 is 1.47 bits per heavy atom. The Morgan fingerprint density at radius 3 is 2.74 bits per heavy atom. The van der Waals surface area contributed by atoms with Crippen molar-refractivity contribution in [2.45, 2.75) is 0 Å². The molecule has 0 aliphatic rings. The van der Waals surface area contributed by atoms with Crippen LogP contribution in [0.2, 0.25) is 0 Å². The van der Waals surface area contributed by atoms with Gasteiger partial charge in [-0.25, -0.2) is 14.8 Å². The van der Waals surface area contributed by atoms with Crippen LogP contribution in [0.1, 0.15) is 10.5 Å². The number of imidazole rings is 1. The van der Waals surface area contributed by atoms with Gasteiger partial charge in [-0.1, -0.05) is 0 Å². The Hall–Kier alpha value is -3.04. The van der Waals surface area contributed by atoms with Crippen LogP contribution in [0.3, 0.4) is 0 Å². The van der Waals surface area contributed by atoms with Gasteiger partial charge in [-0.15, -0.1) is 0 Å². The largest absolute Gasteiger partial charge is 0.476 e. The molecule has 2 heterocycles. The van der Waals surface area contributed by atoms with E-state index in [0.717, 1.165) is 23.4 Å². The van der Waals surface area contributed by atoms with Gasteiger partial charge in [0.25, 0.3) is 5.88 Å². The minimum Gasteiger partial charge on any atom is -0.476 e. The zero-order chi connectivity index (χ0) is 14.0. The Labute approximate surface area is 105 Å². The van der Waals surface area contributed by atoms with Gasteiger partial charge in [0.2, 0.25) is 5.82 Å². The fraction of sp³-hybridized carbons (Fsp3) is 0.111. The van der Waals surface area contributed by atoms with E-state index in [9.17, 15) is 14.9 Å². The lowest BCUT2D eigenvalue weighted by molar-refractivity contribution is -0.386. The summed E-state index contributed by atoms with van der Waals surface area (Å²) in [6, 6.07) is 0. The number of ether oxygens (including phenoxy) is 1. The molecule has 2 aromatic heterocycles. The molecule has 0 aliphatic carbocycles. The third-order valence-electron chi connectivity index (χ3n) is 2.19. The Bertz CT molecular complexity index is 652. The van der Waals surface area contributed by atoms with Gasteiger partial charge in [-0.05, 0) is 0 Å². The monoisotopic (exact) mass is 265 g/mol. The number of rotatable bonds is 4. The number of methoxy groups -OCH3 is 1. The van der Waals surface area contributed by atoms with Crippen molar-refractivity contribution in [3.8, 4) is 11.7 Å². The number of nitrogens with zero attached hydrogens (tertiary/aromatic N) is 5. The Morgan fingerprint density at radius 2 is 2.21 bits per heavy atom. The van der Waals surface area contributed by atoms with Crippen molar-refractivity contribution in [2.24, 2.45) is 0 Å². The van der Waals surface area contributed by atoms with Crippen molar-refractivity contribution in [2.75, 3.05) is 7.11 Å². The van der Waals surface area contributed by atoms with Crippen molar-refractivity contribution < 1.29 is 19.6 Å². The second-order valence-electron chi connectivity index (χ2n) is 3.28. The minimum absolute atomic E-state index is 0.128. The smallest absolute Gasteiger partial charge is 0.373 e. The Kier molecular flexibility index (Phi) is 3.06. The van der Waals surface area contributed by atoms with E-state index < -0.39 is 16.6 Å². The molecule has 0 aromatic carbocycles. The van der Waals surface area contributed by atoms with Gasteiger partial charge in [0.1, 0.15) is 12.7 Å². The molecular weight excluding hydrogens is 258 g/mol. The second-order valence-corrected chi connectivity index (χ2v) is 3.28. The number of hydrogen-bond donors (Lipinski definition) is 1. The number of nitro groups is 1. The summed E-state index contributed by atoms with van der Waals surface area (Å²) < 4.78 is 5.90. The molecule has 0 saturated carbocycles. The van der Waals surface area contributed by atoms with E-state index in [1.165, 1.54) is 7.11 Å². The topological polar surface area (TPSA) is 133 Å². The zero-order valence-corrected chi connectivity index (χ0v) is 9.55. The molecule has 0 spiro atoms. The summed E-state index contributed by atoms with van der Waals surface area (Å²) in [6.45, 7) is 0. The highest BCUT2D eigenvalue weighted by Crippen LogP contribution is 2.29. The molecule has 98 valence electrons. The first-order valence-electron chi connectivity index (χ1n) is 4.85. The maximum absolute atomic E-state index is 11.0. The molecule has 0 atom stereocenters. The Balaban J connectivity index is 2.60. The molecule has 10 nitrogen and oxygen atoms in total. The molecule has 0 amide bonds. The maximum atomic E-state index is 11.0. The van der Waals surface area contributed by atoms with Gasteiger partial charge in [-0.3, -0.25) is 14.7 Å². The maximum Gasteiger partial charge on any atom is 0.373 e. The van der Waals surface area contributed by atoms with Crippen LogP contribution in [0.5, 0.6) is 5.88 Å². The van der Waals surface area contributed by atoms with Crippen molar-refractivity contribution >= 4 is 11.7 Å². The first-order chi connectivity index (χ1) is 9.04. The van der Waals surface area contributed by atoms with Crippen LogP contribution < -0.4 is 4.74 Å². The summed E-state index contributed by atoms with van der Waals surface area (Å²) in [6.07, 6.45) is 3.29. The number of carboxylic acids is 1. The van der Waals surface area contributed by atoms with Gasteiger partial charge < -0.3 is 9.84 Å². The normalized spacial score (nSPS) is 10.2. The molecule has 0 bridgehead atoms. The van der Waals surface area contributed by atoms with Gasteiger partial charge in [-0.2, -0.15) is 4.98 Å². The lowest BCUT2D eigenvalue weighted by Crippen LogP contribution is -2.05. The average Bonchev–Trinajstić information content (AvgIpc) is 2.87. The number of carboxylic acid groups (broad SMARTS) is 1. The highest BCUT2D eigenvalue weighted by Gasteiger charge is 2.25. The molecule has 19 heavy (non-hydrogen) atoms. The molecule has 1 N–H and O–H groups in total. The van der Waals surface area contributed by atoms with Crippen LogP contribution in [0.4, 0.5) is 5.69 Å². The second kappa shape index (κ2) is 4.68. The highest BCUT2D eigenvalue weighted by atomic mass is 16.6. The third kappa shape index (κ3) is 2.18. The van der Waals surface area contributed by atoms with E-state index >= 15 is 0 Å². The predicted molar refractivity (Wildman–Crippen MR) is 59.3 cm³/mol. The van der Waals surface area contributed by atoms with Crippen LogP contribution in [0.25, 0.3) is 5.82 Å². The van der Waals surface area contributed by atoms with E-state index in [1.54, 1.807) is 0 Å². The van der Waals surface area contributed by atoms with E-state index in [-0.39, 0.29) is 17.4 Å². The highest BCUT2D eigenvalue weighted by molar-refractivity contribution is 5.85. The lowest BCUT2D eigenvalue weighted by atomic mass is 10.4. The molecule has 0 fully saturated rings. The number of hydrogen-bond acceptors (Lipinski definition) is 7.